The lowest BCUT2D eigenvalue weighted by Crippen LogP contribution is -2.28. The second-order valence-corrected chi connectivity index (χ2v) is 6.98. The van der Waals surface area contributed by atoms with Crippen molar-refractivity contribution in [1.82, 2.24) is 24.4 Å². The number of aromatic nitrogens is 3. The van der Waals surface area contributed by atoms with Gasteiger partial charge in [0.05, 0.1) is 17.4 Å². The zero-order valence-electron chi connectivity index (χ0n) is 16.5. The molecule has 0 unspecified atom stereocenters. The van der Waals surface area contributed by atoms with Gasteiger partial charge >= 0.3 is 6.03 Å². The largest absolute Gasteiger partial charge is 0.457 e. The SMILES string of the molecule is CNC(=O)c1cc(Oc2ccc(CNC(=O)Nc3cccc4nsnc34)cc2)ccn1. The van der Waals surface area contributed by atoms with E-state index >= 15 is 0 Å². The summed E-state index contributed by atoms with van der Waals surface area (Å²) in [5, 5.41) is 8.13. The van der Waals surface area contributed by atoms with Crippen LogP contribution in [0.5, 0.6) is 11.5 Å². The van der Waals surface area contributed by atoms with Crippen LogP contribution in [-0.4, -0.2) is 32.7 Å². The van der Waals surface area contributed by atoms with Crippen LogP contribution < -0.4 is 20.7 Å². The third kappa shape index (κ3) is 4.93. The average Bonchev–Trinajstić information content (AvgIpc) is 3.28. The van der Waals surface area contributed by atoms with E-state index in [4.69, 9.17) is 4.74 Å². The van der Waals surface area contributed by atoms with Gasteiger partial charge in [-0.2, -0.15) is 8.75 Å². The number of benzene rings is 2. The number of hydrogen-bond acceptors (Lipinski definition) is 7. The monoisotopic (exact) mass is 434 g/mol. The van der Waals surface area contributed by atoms with Crippen LogP contribution in [0.25, 0.3) is 11.0 Å². The van der Waals surface area contributed by atoms with Gasteiger partial charge < -0.3 is 20.7 Å². The van der Waals surface area contributed by atoms with Crippen molar-refractivity contribution in [2.24, 2.45) is 0 Å². The molecule has 4 rings (SSSR count). The van der Waals surface area contributed by atoms with Gasteiger partial charge in [-0.3, -0.25) is 9.78 Å². The number of fused-ring (bicyclic) bond motifs is 1. The number of rotatable bonds is 6. The van der Waals surface area contributed by atoms with Gasteiger partial charge in [-0.25, -0.2) is 4.79 Å². The Kier molecular flexibility index (Phi) is 5.99. The molecule has 3 N–H and O–H groups in total. The first-order chi connectivity index (χ1) is 15.1. The van der Waals surface area contributed by atoms with E-state index in [9.17, 15) is 9.59 Å². The molecule has 2 heterocycles. The molecule has 0 atom stereocenters. The Bertz CT molecular complexity index is 1230. The van der Waals surface area contributed by atoms with Gasteiger partial charge in [0.1, 0.15) is 28.2 Å². The molecule has 0 aliphatic rings. The van der Waals surface area contributed by atoms with E-state index in [0.717, 1.165) is 22.8 Å². The third-order valence-corrected chi connectivity index (χ3v) is 4.88. The molecule has 9 nitrogen and oxygen atoms in total. The van der Waals surface area contributed by atoms with Crippen molar-refractivity contribution in [2.45, 2.75) is 6.54 Å². The van der Waals surface area contributed by atoms with Crippen LogP contribution in [0.3, 0.4) is 0 Å². The molecule has 0 bridgehead atoms. The van der Waals surface area contributed by atoms with Crippen LogP contribution in [-0.2, 0) is 6.54 Å². The van der Waals surface area contributed by atoms with E-state index in [-0.39, 0.29) is 17.6 Å². The van der Waals surface area contributed by atoms with Crippen LogP contribution in [0.2, 0.25) is 0 Å². The Hall–Kier alpha value is -4.05. The Morgan fingerprint density at radius 3 is 2.68 bits per heavy atom. The summed E-state index contributed by atoms with van der Waals surface area (Å²) in [4.78, 5) is 27.9. The number of nitrogens with one attached hydrogen (secondary N) is 3. The van der Waals surface area contributed by atoms with E-state index in [0.29, 0.717) is 29.2 Å². The summed E-state index contributed by atoms with van der Waals surface area (Å²) >= 11 is 1.10. The van der Waals surface area contributed by atoms with Crippen molar-refractivity contribution in [2.75, 3.05) is 12.4 Å². The van der Waals surface area contributed by atoms with E-state index in [1.165, 1.54) is 6.20 Å². The molecule has 0 aliphatic carbocycles. The number of nitrogens with zero attached hydrogens (tertiary/aromatic N) is 3. The van der Waals surface area contributed by atoms with Crippen molar-refractivity contribution in [1.29, 1.82) is 0 Å². The summed E-state index contributed by atoms with van der Waals surface area (Å²) in [7, 11) is 1.54. The fourth-order valence-corrected chi connectivity index (χ4v) is 3.34. The summed E-state index contributed by atoms with van der Waals surface area (Å²) in [6.07, 6.45) is 1.51. The standard InChI is InChI=1S/C21H18N6O3S/c1-22-20(28)18-11-15(9-10-23-18)30-14-7-5-13(6-8-14)12-24-21(29)25-16-3-2-4-17-19(16)27-31-26-17/h2-11H,12H2,1H3,(H,22,28)(H2,24,25,29). The Morgan fingerprint density at radius 1 is 1.03 bits per heavy atom. The second-order valence-electron chi connectivity index (χ2n) is 6.45. The number of pyridine rings is 1. The van der Waals surface area contributed by atoms with Gasteiger partial charge in [0.2, 0.25) is 0 Å². The number of hydrogen-bond donors (Lipinski definition) is 3. The zero-order valence-corrected chi connectivity index (χ0v) is 17.3. The van der Waals surface area contributed by atoms with E-state index in [2.05, 4.69) is 29.7 Å². The van der Waals surface area contributed by atoms with Gasteiger partial charge in [0, 0.05) is 25.9 Å². The molecule has 10 heteroatoms. The van der Waals surface area contributed by atoms with Gasteiger partial charge in [0.25, 0.3) is 5.91 Å². The van der Waals surface area contributed by atoms with Crippen molar-refractivity contribution in [3.05, 3.63) is 72.1 Å². The lowest BCUT2D eigenvalue weighted by Gasteiger charge is -2.10. The molecule has 0 aliphatic heterocycles. The van der Waals surface area contributed by atoms with Crippen molar-refractivity contribution in [3.63, 3.8) is 0 Å². The van der Waals surface area contributed by atoms with Crippen LogP contribution in [0.1, 0.15) is 16.1 Å². The number of carbonyl (C=O) groups excluding carboxylic acids is 2. The number of anilines is 1. The van der Waals surface area contributed by atoms with Crippen molar-refractivity contribution in [3.8, 4) is 11.5 Å². The fraction of sp³-hybridized carbons (Fsp3) is 0.0952. The first kappa shape index (κ1) is 20.2. The summed E-state index contributed by atoms with van der Waals surface area (Å²) in [6.45, 7) is 0.341. The predicted octanol–water partition coefficient (Wildman–Crippen LogP) is 3.56. The molecule has 4 aromatic rings. The zero-order chi connectivity index (χ0) is 21.6. The summed E-state index contributed by atoms with van der Waals surface area (Å²) in [5.41, 5.74) is 3.20. The molecular formula is C21H18N6O3S. The van der Waals surface area contributed by atoms with Crippen LogP contribution >= 0.6 is 11.7 Å². The smallest absolute Gasteiger partial charge is 0.319 e. The minimum atomic E-state index is -0.334. The molecule has 156 valence electrons. The number of carbonyl (C=O) groups is 2. The first-order valence-corrected chi connectivity index (χ1v) is 10.1. The highest BCUT2D eigenvalue weighted by molar-refractivity contribution is 7.00. The number of ether oxygens (including phenoxy) is 1. The predicted molar refractivity (Wildman–Crippen MR) is 117 cm³/mol. The number of urea groups is 1. The minimum Gasteiger partial charge on any atom is -0.457 e. The molecule has 0 saturated heterocycles. The average molecular weight is 434 g/mol. The molecular weight excluding hydrogens is 416 g/mol. The summed E-state index contributed by atoms with van der Waals surface area (Å²) in [5.74, 6) is 0.821. The lowest BCUT2D eigenvalue weighted by atomic mass is 10.2. The molecule has 0 fully saturated rings. The van der Waals surface area contributed by atoms with Gasteiger partial charge in [-0.1, -0.05) is 18.2 Å². The van der Waals surface area contributed by atoms with Crippen LogP contribution in [0, 0.1) is 0 Å². The van der Waals surface area contributed by atoms with E-state index < -0.39 is 0 Å². The van der Waals surface area contributed by atoms with E-state index in [1.54, 1.807) is 37.4 Å². The van der Waals surface area contributed by atoms with Crippen LogP contribution in [0.15, 0.2) is 60.8 Å². The fourth-order valence-electron chi connectivity index (χ4n) is 2.79. The lowest BCUT2D eigenvalue weighted by molar-refractivity contribution is 0.0958. The molecule has 0 spiro atoms. The highest BCUT2D eigenvalue weighted by Crippen LogP contribution is 2.23. The third-order valence-electron chi connectivity index (χ3n) is 4.34. The number of amides is 3. The minimum absolute atomic E-state index is 0.274. The van der Waals surface area contributed by atoms with Gasteiger partial charge in [-0.15, -0.1) is 0 Å². The Morgan fingerprint density at radius 2 is 1.87 bits per heavy atom. The molecule has 31 heavy (non-hydrogen) atoms. The second kappa shape index (κ2) is 9.18. The highest BCUT2D eigenvalue weighted by Gasteiger charge is 2.09. The van der Waals surface area contributed by atoms with Gasteiger partial charge in [0.15, 0.2) is 0 Å². The normalized spacial score (nSPS) is 10.5. The summed E-state index contributed by atoms with van der Waals surface area (Å²) in [6, 6.07) is 15.6. The molecule has 2 aromatic carbocycles. The Labute approximate surface area is 181 Å². The Balaban J connectivity index is 1.33. The maximum absolute atomic E-state index is 12.2. The topological polar surface area (TPSA) is 118 Å². The van der Waals surface area contributed by atoms with Crippen molar-refractivity contribution < 1.29 is 14.3 Å². The molecule has 0 saturated carbocycles. The molecule has 2 aromatic heterocycles. The molecule has 3 amide bonds. The maximum Gasteiger partial charge on any atom is 0.319 e. The molecule has 0 radical (unpaired) electrons. The quantitative estimate of drug-likeness (QED) is 0.427. The maximum atomic E-state index is 12.2. The summed E-state index contributed by atoms with van der Waals surface area (Å²) < 4.78 is 14.1. The van der Waals surface area contributed by atoms with Crippen LogP contribution in [0.4, 0.5) is 10.5 Å². The van der Waals surface area contributed by atoms with Gasteiger partial charge in [-0.05, 0) is 35.9 Å². The highest BCUT2D eigenvalue weighted by atomic mass is 32.1. The first-order valence-electron chi connectivity index (χ1n) is 9.33. The van der Waals surface area contributed by atoms with E-state index in [1.807, 2.05) is 24.3 Å². The van der Waals surface area contributed by atoms with Crippen molar-refractivity contribution >= 4 is 40.4 Å².